The number of hydrogen-bond acceptors (Lipinski definition) is 5. The number of H-pyrrole nitrogens is 1. The first-order chi connectivity index (χ1) is 14.8. The van der Waals surface area contributed by atoms with Gasteiger partial charge in [-0.05, 0) is 58.4 Å². The normalized spacial score (nSPS) is 11.7. The molecule has 3 rings (SSSR count). The number of aromatic nitrogens is 3. The Morgan fingerprint density at radius 2 is 2.03 bits per heavy atom. The maximum Gasteiger partial charge on any atom is 0.216 e. The summed E-state index contributed by atoms with van der Waals surface area (Å²) in [6.07, 6.45) is 2.29. The van der Waals surface area contributed by atoms with Crippen LogP contribution in [0, 0.1) is 6.92 Å². The van der Waals surface area contributed by atoms with E-state index in [0.717, 1.165) is 35.2 Å². The molecule has 2 heterocycles. The number of guanidine groups is 1. The van der Waals surface area contributed by atoms with Gasteiger partial charge in [-0.25, -0.2) is 9.98 Å². The molecule has 3 aromatic rings. The predicted molar refractivity (Wildman–Crippen MR) is 138 cm³/mol. The molecule has 0 unspecified atom stereocenters. The van der Waals surface area contributed by atoms with E-state index in [4.69, 9.17) is 14.1 Å². The summed E-state index contributed by atoms with van der Waals surface area (Å²) in [5.74, 6) is 3.62. The smallest absolute Gasteiger partial charge is 0.216 e. The molecule has 2 aromatic heterocycles. The molecule has 0 saturated carbocycles. The number of aryl methyl sites for hydroxylation is 1. The molecule has 32 heavy (non-hydrogen) atoms. The highest BCUT2D eigenvalue weighted by Crippen LogP contribution is 2.25. The Hall–Kier alpha value is -2.56. The number of nitrogens with one attached hydrogen (secondary N) is 3. The molecule has 0 atom stereocenters. The number of benzene rings is 1. The second kappa shape index (κ2) is 11.9. The topological polar surface area (TPSA) is 100 Å². The van der Waals surface area contributed by atoms with Crippen LogP contribution in [0.2, 0.25) is 0 Å². The van der Waals surface area contributed by atoms with Gasteiger partial charge in [0.05, 0.1) is 12.8 Å². The van der Waals surface area contributed by atoms with Crippen LogP contribution in [0.5, 0.6) is 5.75 Å². The Morgan fingerprint density at radius 3 is 2.72 bits per heavy atom. The number of aliphatic imine (C=N–C) groups is 1. The van der Waals surface area contributed by atoms with Crippen molar-refractivity contribution in [3.63, 3.8) is 0 Å². The van der Waals surface area contributed by atoms with Crippen molar-refractivity contribution in [1.29, 1.82) is 0 Å². The van der Waals surface area contributed by atoms with E-state index in [2.05, 4.69) is 71.7 Å². The number of rotatable bonds is 8. The van der Waals surface area contributed by atoms with Crippen LogP contribution in [0.1, 0.15) is 44.6 Å². The van der Waals surface area contributed by atoms with Crippen molar-refractivity contribution in [3.05, 3.63) is 53.5 Å². The SMILES string of the molecule is CCNC(=NCc1ccc(C)cc1OC(C)(C)C)NCCc1nc(-c2ccco2)n[nH]1.I. The largest absolute Gasteiger partial charge is 0.488 e. The standard InChI is InChI=1S/C23H32N6O2.HI/c1-6-24-22(25-12-11-20-27-21(29-28-20)18-8-7-13-30-18)26-15-17-10-9-16(2)14-19(17)31-23(3,4)5;/h7-10,13-14H,6,11-12,15H2,1-5H3,(H2,24,25,26)(H,27,28,29);1H. The van der Waals surface area contributed by atoms with Crippen LogP contribution < -0.4 is 15.4 Å². The van der Waals surface area contributed by atoms with Gasteiger partial charge in [-0.15, -0.1) is 24.0 Å². The van der Waals surface area contributed by atoms with E-state index in [1.807, 2.05) is 19.1 Å². The van der Waals surface area contributed by atoms with Crippen LogP contribution in [0.25, 0.3) is 11.6 Å². The van der Waals surface area contributed by atoms with Crippen molar-refractivity contribution in [2.75, 3.05) is 13.1 Å². The Morgan fingerprint density at radius 1 is 1.22 bits per heavy atom. The first-order valence-electron chi connectivity index (χ1n) is 10.6. The van der Waals surface area contributed by atoms with E-state index < -0.39 is 0 Å². The van der Waals surface area contributed by atoms with E-state index in [-0.39, 0.29) is 29.6 Å². The van der Waals surface area contributed by atoms with Gasteiger partial charge in [0.2, 0.25) is 5.82 Å². The summed E-state index contributed by atoms with van der Waals surface area (Å²) in [6, 6.07) is 9.88. The van der Waals surface area contributed by atoms with Crippen molar-refractivity contribution in [3.8, 4) is 17.3 Å². The molecular formula is C23H33IN6O2. The molecule has 1 aromatic carbocycles. The zero-order valence-corrected chi connectivity index (χ0v) is 21.7. The fourth-order valence-electron chi connectivity index (χ4n) is 2.95. The van der Waals surface area contributed by atoms with Crippen molar-refractivity contribution in [2.45, 2.75) is 53.2 Å². The molecule has 0 aliphatic heterocycles. The number of hydrogen-bond donors (Lipinski definition) is 3. The molecule has 9 heteroatoms. The lowest BCUT2D eigenvalue weighted by molar-refractivity contribution is 0.129. The van der Waals surface area contributed by atoms with Crippen LogP contribution in [0.3, 0.4) is 0 Å². The fraction of sp³-hybridized carbons (Fsp3) is 0.435. The zero-order chi connectivity index (χ0) is 22.3. The maximum atomic E-state index is 6.14. The number of aromatic amines is 1. The summed E-state index contributed by atoms with van der Waals surface area (Å²) in [5.41, 5.74) is 1.95. The number of furan rings is 1. The summed E-state index contributed by atoms with van der Waals surface area (Å²) in [5, 5.41) is 13.8. The number of nitrogens with zero attached hydrogens (tertiary/aromatic N) is 3. The zero-order valence-electron chi connectivity index (χ0n) is 19.4. The summed E-state index contributed by atoms with van der Waals surface area (Å²) >= 11 is 0. The third kappa shape index (κ3) is 7.85. The second-order valence-corrected chi connectivity index (χ2v) is 8.28. The lowest BCUT2D eigenvalue weighted by atomic mass is 10.1. The van der Waals surface area contributed by atoms with Gasteiger partial charge in [-0.1, -0.05) is 12.1 Å². The van der Waals surface area contributed by atoms with Gasteiger partial charge in [0, 0.05) is 25.1 Å². The van der Waals surface area contributed by atoms with Crippen LogP contribution in [0.15, 0.2) is 46.0 Å². The van der Waals surface area contributed by atoms with Gasteiger partial charge >= 0.3 is 0 Å². The highest BCUT2D eigenvalue weighted by Gasteiger charge is 2.15. The van der Waals surface area contributed by atoms with Crippen LogP contribution in [-0.2, 0) is 13.0 Å². The van der Waals surface area contributed by atoms with E-state index in [1.165, 1.54) is 0 Å². The maximum absolute atomic E-state index is 6.14. The van der Waals surface area contributed by atoms with E-state index in [9.17, 15) is 0 Å². The Bertz CT molecular complexity index is 992. The average molecular weight is 552 g/mol. The Kier molecular flexibility index (Phi) is 9.55. The number of ether oxygens (including phenoxy) is 1. The first-order valence-corrected chi connectivity index (χ1v) is 10.6. The summed E-state index contributed by atoms with van der Waals surface area (Å²) < 4.78 is 11.5. The van der Waals surface area contributed by atoms with Gasteiger partial charge in [-0.2, -0.15) is 5.10 Å². The molecule has 0 aliphatic rings. The molecule has 0 spiro atoms. The predicted octanol–water partition coefficient (Wildman–Crippen LogP) is 4.47. The summed E-state index contributed by atoms with van der Waals surface area (Å²) in [4.78, 5) is 9.20. The van der Waals surface area contributed by atoms with E-state index in [1.54, 1.807) is 6.26 Å². The van der Waals surface area contributed by atoms with Crippen LogP contribution in [-0.4, -0.2) is 39.8 Å². The van der Waals surface area contributed by atoms with Gasteiger partial charge in [0.15, 0.2) is 11.7 Å². The first kappa shape index (κ1) is 25.7. The minimum Gasteiger partial charge on any atom is -0.488 e. The Balaban J connectivity index is 0.00000363. The van der Waals surface area contributed by atoms with E-state index in [0.29, 0.717) is 31.1 Å². The Labute approximate surface area is 206 Å². The third-order valence-electron chi connectivity index (χ3n) is 4.32. The molecule has 0 saturated heterocycles. The van der Waals surface area contributed by atoms with Crippen molar-refractivity contribution < 1.29 is 9.15 Å². The molecule has 0 amide bonds. The van der Waals surface area contributed by atoms with Gasteiger partial charge in [0.25, 0.3) is 0 Å². The molecule has 3 N–H and O–H groups in total. The van der Waals surface area contributed by atoms with Crippen molar-refractivity contribution in [2.24, 2.45) is 4.99 Å². The molecule has 8 nitrogen and oxygen atoms in total. The van der Waals surface area contributed by atoms with Crippen LogP contribution >= 0.6 is 24.0 Å². The third-order valence-corrected chi connectivity index (χ3v) is 4.32. The average Bonchev–Trinajstić information content (AvgIpc) is 3.38. The minimum absolute atomic E-state index is 0. The summed E-state index contributed by atoms with van der Waals surface area (Å²) in [6.45, 7) is 12.2. The van der Waals surface area contributed by atoms with E-state index >= 15 is 0 Å². The summed E-state index contributed by atoms with van der Waals surface area (Å²) in [7, 11) is 0. The second-order valence-electron chi connectivity index (χ2n) is 8.28. The highest BCUT2D eigenvalue weighted by atomic mass is 127. The quantitative estimate of drug-likeness (QED) is 0.217. The van der Waals surface area contributed by atoms with Crippen LogP contribution in [0.4, 0.5) is 0 Å². The fourth-order valence-corrected chi connectivity index (χ4v) is 2.95. The minimum atomic E-state index is -0.263. The van der Waals surface area contributed by atoms with Gasteiger partial charge in [-0.3, -0.25) is 5.10 Å². The lowest BCUT2D eigenvalue weighted by Crippen LogP contribution is -2.38. The molecular weight excluding hydrogens is 519 g/mol. The molecule has 0 bridgehead atoms. The monoisotopic (exact) mass is 552 g/mol. The molecule has 0 radical (unpaired) electrons. The highest BCUT2D eigenvalue weighted by molar-refractivity contribution is 14.0. The van der Waals surface area contributed by atoms with Crippen molar-refractivity contribution >= 4 is 29.9 Å². The molecule has 174 valence electrons. The lowest BCUT2D eigenvalue weighted by Gasteiger charge is -2.23. The van der Waals surface area contributed by atoms with Gasteiger partial charge < -0.3 is 19.8 Å². The molecule has 0 fully saturated rings. The van der Waals surface area contributed by atoms with Gasteiger partial charge in [0.1, 0.15) is 17.2 Å². The number of halogens is 1. The van der Waals surface area contributed by atoms with Crippen molar-refractivity contribution in [1.82, 2.24) is 25.8 Å². The molecule has 0 aliphatic carbocycles.